The van der Waals surface area contributed by atoms with Crippen molar-refractivity contribution in [2.45, 2.75) is 6.61 Å². The number of methoxy groups -OCH3 is 1. The van der Waals surface area contributed by atoms with E-state index in [1.165, 1.54) is 13.2 Å². The van der Waals surface area contributed by atoms with Crippen molar-refractivity contribution in [3.05, 3.63) is 70.4 Å². The standard InChI is InChI=1S/C20H18FNO4S/c1-25-11-10-22-19(23)18(27-20(22)24)12-14-6-3-5-9-17(14)26-13-15-7-2-4-8-16(15)21/h2-9,12H,10-11,13H2,1H3/b18-12+. The molecule has 1 aliphatic heterocycles. The van der Waals surface area contributed by atoms with Crippen LogP contribution in [0.4, 0.5) is 9.18 Å². The van der Waals surface area contributed by atoms with Crippen molar-refractivity contribution in [2.75, 3.05) is 20.3 Å². The van der Waals surface area contributed by atoms with Crippen molar-refractivity contribution >= 4 is 29.0 Å². The minimum Gasteiger partial charge on any atom is -0.488 e. The van der Waals surface area contributed by atoms with E-state index in [2.05, 4.69) is 0 Å². The van der Waals surface area contributed by atoms with Crippen molar-refractivity contribution in [1.29, 1.82) is 0 Å². The van der Waals surface area contributed by atoms with E-state index in [4.69, 9.17) is 9.47 Å². The SMILES string of the molecule is COCCN1C(=O)S/C(=C/c2ccccc2OCc2ccccc2F)C1=O. The molecule has 7 heteroatoms. The van der Waals surface area contributed by atoms with Crippen LogP contribution in [0.15, 0.2) is 53.4 Å². The maximum atomic E-state index is 13.8. The van der Waals surface area contributed by atoms with E-state index in [1.807, 2.05) is 0 Å². The summed E-state index contributed by atoms with van der Waals surface area (Å²) in [7, 11) is 1.51. The summed E-state index contributed by atoms with van der Waals surface area (Å²) >= 11 is 0.880. The summed E-state index contributed by atoms with van der Waals surface area (Å²) in [6.07, 6.45) is 1.62. The molecule has 0 N–H and O–H groups in total. The number of halogens is 1. The van der Waals surface area contributed by atoms with Gasteiger partial charge in [0.15, 0.2) is 0 Å². The van der Waals surface area contributed by atoms with Gasteiger partial charge in [-0.05, 0) is 30.0 Å². The molecule has 0 aliphatic carbocycles. The molecule has 0 atom stereocenters. The van der Waals surface area contributed by atoms with Crippen molar-refractivity contribution < 1.29 is 23.5 Å². The third-order valence-electron chi connectivity index (χ3n) is 3.94. The summed E-state index contributed by atoms with van der Waals surface area (Å²) in [6.45, 7) is 0.560. The van der Waals surface area contributed by atoms with Crippen LogP contribution in [0.2, 0.25) is 0 Å². The average molecular weight is 387 g/mol. The molecule has 140 valence electrons. The van der Waals surface area contributed by atoms with Crippen LogP contribution in [0.3, 0.4) is 0 Å². The molecular weight excluding hydrogens is 369 g/mol. The first-order valence-electron chi connectivity index (χ1n) is 8.29. The molecule has 27 heavy (non-hydrogen) atoms. The number of thioether (sulfide) groups is 1. The molecule has 2 amide bonds. The Hall–Kier alpha value is -2.64. The molecule has 5 nitrogen and oxygen atoms in total. The van der Waals surface area contributed by atoms with Gasteiger partial charge in [-0.3, -0.25) is 14.5 Å². The fraction of sp³-hybridized carbons (Fsp3) is 0.200. The van der Waals surface area contributed by atoms with Crippen LogP contribution in [-0.2, 0) is 16.1 Å². The van der Waals surface area contributed by atoms with Crippen LogP contribution in [0, 0.1) is 5.82 Å². The number of rotatable bonds is 7. The van der Waals surface area contributed by atoms with Gasteiger partial charge in [0.05, 0.1) is 18.1 Å². The third-order valence-corrected chi connectivity index (χ3v) is 4.85. The van der Waals surface area contributed by atoms with E-state index in [1.54, 1.807) is 48.5 Å². The molecule has 0 bridgehead atoms. The molecule has 0 radical (unpaired) electrons. The lowest BCUT2D eigenvalue weighted by atomic mass is 10.1. The largest absolute Gasteiger partial charge is 0.488 e. The van der Waals surface area contributed by atoms with Crippen molar-refractivity contribution in [2.24, 2.45) is 0 Å². The lowest BCUT2D eigenvalue weighted by Gasteiger charge is -2.11. The maximum absolute atomic E-state index is 13.8. The molecule has 2 aromatic rings. The number of nitrogens with zero attached hydrogens (tertiary/aromatic N) is 1. The average Bonchev–Trinajstić information content (AvgIpc) is 2.93. The first kappa shape index (κ1) is 19.1. The monoisotopic (exact) mass is 387 g/mol. The third kappa shape index (κ3) is 4.56. The molecule has 1 aliphatic rings. The molecule has 0 saturated carbocycles. The van der Waals surface area contributed by atoms with Gasteiger partial charge in [0, 0.05) is 18.2 Å². The second-order valence-electron chi connectivity index (χ2n) is 5.74. The van der Waals surface area contributed by atoms with Crippen LogP contribution in [0.25, 0.3) is 6.08 Å². The Morgan fingerprint density at radius 3 is 2.63 bits per heavy atom. The number of benzene rings is 2. The molecule has 0 spiro atoms. The van der Waals surface area contributed by atoms with Gasteiger partial charge in [-0.1, -0.05) is 36.4 Å². The molecule has 0 unspecified atom stereocenters. The van der Waals surface area contributed by atoms with E-state index in [0.29, 0.717) is 21.8 Å². The Kier molecular flexibility index (Phi) is 6.26. The lowest BCUT2D eigenvalue weighted by molar-refractivity contribution is -0.123. The van der Waals surface area contributed by atoms with Gasteiger partial charge in [0.25, 0.3) is 11.1 Å². The van der Waals surface area contributed by atoms with Gasteiger partial charge in [-0.2, -0.15) is 0 Å². The van der Waals surface area contributed by atoms with Crippen LogP contribution >= 0.6 is 11.8 Å². The van der Waals surface area contributed by atoms with Gasteiger partial charge in [-0.15, -0.1) is 0 Å². The van der Waals surface area contributed by atoms with Crippen LogP contribution in [0.5, 0.6) is 5.75 Å². The smallest absolute Gasteiger partial charge is 0.293 e. The number of carbonyl (C=O) groups is 2. The van der Waals surface area contributed by atoms with Gasteiger partial charge in [0.2, 0.25) is 0 Å². The second kappa shape index (κ2) is 8.83. The minimum absolute atomic E-state index is 0.0623. The molecule has 0 aromatic heterocycles. The van der Waals surface area contributed by atoms with Crippen molar-refractivity contribution in [3.63, 3.8) is 0 Å². The molecule has 3 rings (SSSR count). The highest BCUT2D eigenvalue weighted by Gasteiger charge is 2.34. The molecule has 1 fully saturated rings. The van der Waals surface area contributed by atoms with E-state index in [9.17, 15) is 14.0 Å². The summed E-state index contributed by atoms with van der Waals surface area (Å²) in [4.78, 5) is 25.9. The van der Waals surface area contributed by atoms with E-state index in [-0.39, 0.29) is 36.7 Å². The highest BCUT2D eigenvalue weighted by atomic mass is 32.2. The van der Waals surface area contributed by atoms with Gasteiger partial charge in [-0.25, -0.2) is 4.39 Å². The summed E-state index contributed by atoms with van der Waals surface area (Å²) in [6, 6.07) is 13.5. The minimum atomic E-state index is -0.356. The first-order chi connectivity index (χ1) is 13.1. The second-order valence-corrected chi connectivity index (χ2v) is 6.74. The normalized spacial score (nSPS) is 15.6. The Morgan fingerprint density at radius 1 is 1.11 bits per heavy atom. The van der Waals surface area contributed by atoms with E-state index in [0.717, 1.165) is 16.7 Å². The summed E-state index contributed by atoms with van der Waals surface area (Å²) in [5.41, 5.74) is 1.08. The highest BCUT2D eigenvalue weighted by Crippen LogP contribution is 2.34. The predicted octanol–water partition coefficient (Wildman–Crippen LogP) is 4.09. The number of hydrogen-bond acceptors (Lipinski definition) is 5. The Morgan fingerprint density at radius 2 is 1.85 bits per heavy atom. The molecular formula is C20H18FNO4S. The Bertz CT molecular complexity index is 884. The molecule has 1 heterocycles. The van der Waals surface area contributed by atoms with Gasteiger partial charge < -0.3 is 9.47 Å². The van der Waals surface area contributed by atoms with Crippen molar-refractivity contribution in [1.82, 2.24) is 4.90 Å². The molecule has 1 saturated heterocycles. The fourth-order valence-electron chi connectivity index (χ4n) is 2.52. The number of para-hydroxylation sites is 1. The maximum Gasteiger partial charge on any atom is 0.293 e. The Balaban J connectivity index is 1.78. The fourth-order valence-corrected chi connectivity index (χ4v) is 3.37. The summed E-state index contributed by atoms with van der Waals surface area (Å²) in [5.74, 6) is -0.190. The van der Waals surface area contributed by atoms with Crippen LogP contribution in [0.1, 0.15) is 11.1 Å². The number of hydrogen-bond donors (Lipinski definition) is 0. The zero-order chi connectivity index (χ0) is 19.2. The Labute approximate surface area is 160 Å². The number of imide groups is 1. The highest BCUT2D eigenvalue weighted by molar-refractivity contribution is 8.18. The summed E-state index contributed by atoms with van der Waals surface area (Å²) < 4.78 is 24.4. The zero-order valence-electron chi connectivity index (χ0n) is 14.7. The number of amides is 2. The zero-order valence-corrected chi connectivity index (χ0v) is 15.5. The van der Waals surface area contributed by atoms with Gasteiger partial charge in [0.1, 0.15) is 18.2 Å². The van der Waals surface area contributed by atoms with Crippen LogP contribution in [-0.4, -0.2) is 36.3 Å². The predicted molar refractivity (Wildman–Crippen MR) is 102 cm³/mol. The topological polar surface area (TPSA) is 55.8 Å². The quantitative estimate of drug-likeness (QED) is 0.670. The van der Waals surface area contributed by atoms with E-state index < -0.39 is 0 Å². The van der Waals surface area contributed by atoms with Crippen LogP contribution < -0.4 is 4.74 Å². The molecule has 2 aromatic carbocycles. The van der Waals surface area contributed by atoms with Gasteiger partial charge >= 0.3 is 0 Å². The first-order valence-corrected chi connectivity index (χ1v) is 9.11. The lowest BCUT2D eigenvalue weighted by Crippen LogP contribution is -2.31. The number of ether oxygens (including phenoxy) is 2. The van der Waals surface area contributed by atoms with E-state index >= 15 is 0 Å². The van der Waals surface area contributed by atoms with Crippen molar-refractivity contribution in [3.8, 4) is 5.75 Å². The summed E-state index contributed by atoms with van der Waals surface area (Å²) in [5, 5.41) is -0.326. The number of carbonyl (C=O) groups excluding carboxylic acids is 2.